The SMILES string of the molecule is COc1c(CN2O[C@@H](CO)[C@H]([C@H](C)O)[C@H]2C(=O)N[C@H]2C[C@@H]3C[C@H]([C@@H]2C)C3(C)C)cccc1-c1cc(C(=O)NCCc2ccc(Br)s2)cc(N(C)C)c1. The normalized spacial score (nSPS) is 27.1. The lowest BCUT2D eigenvalue weighted by Gasteiger charge is -2.62. The summed E-state index contributed by atoms with van der Waals surface area (Å²) in [7, 11) is 5.48. The van der Waals surface area contributed by atoms with E-state index >= 15 is 0 Å². The highest BCUT2D eigenvalue weighted by Crippen LogP contribution is 2.61. The fourth-order valence-electron chi connectivity index (χ4n) is 8.87. The number of carbonyl (C=O) groups excluding carboxylic acids is 2. The number of nitrogens with one attached hydrogen (secondary N) is 2. The molecule has 3 saturated carbocycles. The lowest BCUT2D eigenvalue weighted by atomic mass is 9.45. The van der Waals surface area contributed by atoms with Gasteiger partial charge in [-0.05, 0) is 101 Å². The molecule has 0 spiro atoms. The van der Waals surface area contributed by atoms with Gasteiger partial charge in [0.05, 0.1) is 30.2 Å². The molecule has 4 aliphatic rings. The number of rotatable bonds is 13. The number of hydrogen-bond donors (Lipinski definition) is 4. The highest BCUT2D eigenvalue weighted by molar-refractivity contribution is 9.11. The predicted molar refractivity (Wildman–Crippen MR) is 208 cm³/mol. The van der Waals surface area contributed by atoms with Gasteiger partial charge in [0.2, 0.25) is 5.91 Å². The Balaban J connectivity index is 1.26. The van der Waals surface area contributed by atoms with Crippen LogP contribution in [-0.2, 0) is 22.6 Å². The summed E-state index contributed by atoms with van der Waals surface area (Å²) >= 11 is 5.16. The van der Waals surface area contributed by atoms with E-state index in [-0.39, 0.29) is 36.4 Å². The molecular formula is C40H53BrN4O6S. The summed E-state index contributed by atoms with van der Waals surface area (Å²) in [6, 6.07) is 14.9. The molecule has 10 nitrogen and oxygen atoms in total. The van der Waals surface area contributed by atoms with Gasteiger partial charge in [0, 0.05) is 59.9 Å². The molecule has 2 bridgehead atoms. The second kappa shape index (κ2) is 15.8. The van der Waals surface area contributed by atoms with Crippen molar-refractivity contribution in [2.24, 2.45) is 29.1 Å². The summed E-state index contributed by atoms with van der Waals surface area (Å²) in [6.07, 6.45) is 1.23. The minimum absolute atomic E-state index is 0.0417. The number of hydroxylamine groups is 2. The van der Waals surface area contributed by atoms with Crippen LogP contribution >= 0.6 is 27.3 Å². The van der Waals surface area contributed by atoms with Crippen LogP contribution in [0.5, 0.6) is 5.75 Å². The zero-order valence-corrected chi connectivity index (χ0v) is 33.6. The van der Waals surface area contributed by atoms with E-state index in [1.807, 2.05) is 61.5 Å². The smallest absolute Gasteiger partial charge is 0.251 e. The molecule has 52 heavy (non-hydrogen) atoms. The van der Waals surface area contributed by atoms with E-state index in [9.17, 15) is 19.8 Å². The van der Waals surface area contributed by atoms with E-state index in [1.54, 1.807) is 30.4 Å². The van der Waals surface area contributed by atoms with Crippen LogP contribution in [0.3, 0.4) is 0 Å². The number of aliphatic hydroxyl groups excluding tert-OH is 2. The quantitative estimate of drug-likeness (QED) is 0.169. The van der Waals surface area contributed by atoms with E-state index in [1.165, 1.54) is 11.3 Å². The number of thiophene rings is 1. The van der Waals surface area contributed by atoms with Gasteiger partial charge >= 0.3 is 0 Å². The molecule has 2 heterocycles. The average molecular weight is 798 g/mol. The Morgan fingerprint density at radius 3 is 2.56 bits per heavy atom. The van der Waals surface area contributed by atoms with Gasteiger partial charge in [0.25, 0.3) is 5.91 Å². The minimum atomic E-state index is -0.896. The van der Waals surface area contributed by atoms with Gasteiger partial charge in [-0.1, -0.05) is 39.0 Å². The maximum atomic E-state index is 14.2. The summed E-state index contributed by atoms with van der Waals surface area (Å²) in [6.45, 7) is 8.91. The van der Waals surface area contributed by atoms with Gasteiger partial charge in [-0.15, -0.1) is 11.3 Å². The number of carbonyl (C=O) groups is 2. The molecule has 2 amide bonds. The number of benzene rings is 2. The molecule has 4 fully saturated rings. The minimum Gasteiger partial charge on any atom is -0.496 e. The third kappa shape index (κ3) is 7.65. The Hall–Kier alpha value is -3.00. The number of ether oxygens (including phenoxy) is 1. The van der Waals surface area contributed by atoms with Crippen molar-refractivity contribution in [2.45, 2.75) is 77.8 Å². The van der Waals surface area contributed by atoms with Crippen LogP contribution in [-0.4, -0.2) is 85.7 Å². The van der Waals surface area contributed by atoms with Crippen LogP contribution < -0.4 is 20.3 Å². The van der Waals surface area contributed by atoms with Crippen molar-refractivity contribution in [3.05, 3.63) is 68.3 Å². The molecular weight excluding hydrogens is 744 g/mol. The van der Waals surface area contributed by atoms with Crippen LogP contribution in [0.15, 0.2) is 52.3 Å². The number of anilines is 1. The number of halogens is 1. The topological polar surface area (TPSA) is 124 Å². The van der Waals surface area contributed by atoms with Crippen molar-refractivity contribution in [1.29, 1.82) is 0 Å². The standard InChI is InChI=1S/C40H53BrN4O6S/c1-22-31-18-27(40(31,3)4)19-32(22)43-39(49)36-35(23(2)47)33(21-46)51-45(36)20-24-9-8-10-30(37(24)50-7)25-15-26(17-28(16-25)44(5)6)38(48)42-14-13-29-11-12-34(41)52-29/h8-12,15-17,22-23,27,31-33,35-36,46-47H,13-14,18-21H2,1-7H3,(H,42,48)(H,43,49)/t22-,23-,27-,31+,32-,33-,35-,36-/m0/s1. The average Bonchev–Trinajstić information content (AvgIpc) is 3.71. The van der Waals surface area contributed by atoms with Gasteiger partial charge in [0.1, 0.15) is 17.9 Å². The molecule has 12 heteroatoms. The van der Waals surface area contributed by atoms with Crippen LogP contribution in [0.4, 0.5) is 5.69 Å². The molecule has 1 aromatic heterocycles. The lowest BCUT2D eigenvalue weighted by Crippen LogP contribution is -2.62. The van der Waals surface area contributed by atoms with Crippen molar-refractivity contribution < 1.29 is 29.4 Å². The van der Waals surface area contributed by atoms with E-state index in [2.05, 4.69) is 53.4 Å². The Bertz CT molecular complexity index is 1760. The summed E-state index contributed by atoms with van der Waals surface area (Å²) in [4.78, 5) is 37.1. The third-order valence-electron chi connectivity index (χ3n) is 12.0. The molecule has 4 N–H and O–H groups in total. The highest BCUT2D eigenvalue weighted by atomic mass is 79.9. The molecule has 3 aliphatic carbocycles. The number of fused-ring (bicyclic) bond motifs is 2. The van der Waals surface area contributed by atoms with Crippen LogP contribution in [0, 0.1) is 29.1 Å². The van der Waals surface area contributed by atoms with Crippen LogP contribution in [0.1, 0.15) is 61.3 Å². The maximum Gasteiger partial charge on any atom is 0.251 e. The van der Waals surface area contributed by atoms with E-state index in [0.717, 1.165) is 39.0 Å². The molecule has 8 atom stereocenters. The molecule has 0 radical (unpaired) electrons. The zero-order valence-electron chi connectivity index (χ0n) is 31.2. The first-order valence-corrected chi connectivity index (χ1v) is 19.9. The second-order valence-corrected chi connectivity index (χ2v) is 18.2. The Morgan fingerprint density at radius 1 is 1.17 bits per heavy atom. The molecule has 7 rings (SSSR count). The molecule has 3 aromatic rings. The van der Waals surface area contributed by atoms with E-state index in [0.29, 0.717) is 35.6 Å². The Kier molecular flexibility index (Phi) is 11.7. The summed E-state index contributed by atoms with van der Waals surface area (Å²) in [5, 5.41) is 29.3. The van der Waals surface area contributed by atoms with Gasteiger partial charge in [-0.3, -0.25) is 14.4 Å². The third-order valence-corrected chi connectivity index (χ3v) is 13.7. The Labute approximate surface area is 320 Å². The number of aliphatic hydroxyl groups is 2. The first-order valence-electron chi connectivity index (χ1n) is 18.3. The summed E-state index contributed by atoms with van der Waals surface area (Å²) in [5.74, 6) is 1.05. The molecule has 1 saturated heterocycles. The van der Waals surface area contributed by atoms with Crippen LogP contribution in [0.25, 0.3) is 11.1 Å². The highest BCUT2D eigenvalue weighted by Gasteiger charge is 2.57. The van der Waals surface area contributed by atoms with E-state index in [4.69, 9.17) is 9.57 Å². The Morgan fingerprint density at radius 2 is 1.94 bits per heavy atom. The predicted octanol–water partition coefficient (Wildman–Crippen LogP) is 5.89. The molecule has 0 unspecified atom stereocenters. The molecule has 1 aliphatic heterocycles. The maximum absolute atomic E-state index is 14.2. The lowest BCUT2D eigenvalue weighted by molar-refractivity contribution is -0.183. The summed E-state index contributed by atoms with van der Waals surface area (Å²) < 4.78 is 7.12. The summed E-state index contributed by atoms with van der Waals surface area (Å²) in [5.41, 5.74) is 4.03. The van der Waals surface area contributed by atoms with Gasteiger partial charge in [-0.2, -0.15) is 5.06 Å². The number of nitrogens with zero attached hydrogens (tertiary/aromatic N) is 2. The van der Waals surface area contributed by atoms with Crippen molar-refractivity contribution in [3.63, 3.8) is 0 Å². The first-order chi connectivity index (χ1) is 24.7. The number of amides is 2. The van der Waals surface area contributed by atoms with Crippen molar-refractivity contribution >= 4 is 44.8 Å². The first kappa shape index (κ1) is 38.7. The van der Waals surface area contributed by atoms with Crippen molar-refractivity contribution in [3.8, 4) is 16.9 Å². The monoisotopic (exact) mass is 796 g/mol. The van der Waals surface area contributed by atoms with Gasteiger partial charge < -0.3 is 30.5 Å². The van der Waals surface area contributed by atoms with Gasteiger partial charge in [0.15, 0.2) is 0 Å². The zero-order chi connectivity index (χ0) is 37.5. The van der Waals surface area contributed by atoms with Crippen molar-refractivity contribution in [2.75, 3.05) is 39.3 Å². The van der Waals surface area contributed by atoms with Gasteiger partial charge in [-0.25, -0.2) is 0 Å². The van der Waals surface area contributed by atoms with Crippen LogP contribution in [0.2, 0.25) is 0 Å². The number of para-hydroxylation sites is 1. The molecule has 282 valence electrons. The largest absolute Gasteiger partial charge is 0.496 e. The molecule has 2 aromatic carbocycles. The fraction of sp³-hybridized carbons (Fsp3) is 0.550. The van der Waals surface area contributed by atoms with E-state index < -0.39 is 24.2 Å². The van der Waals surface area contributed by atoms with Crippen molar-refractivity contribution in [1.82, 2.24) is 15.7 Å². The fourth-order valence-corrected chi connectivity index (χ4v) is 10.4. The number of hydrogen-bond acceptors (Lipinski definition) is 9. The number of methoxy groups -OCH3 is 1. The second-order valence-electron chi connectivity index (χ2n) is 15.6.